The average Bonchev–Trinajstić information content (AvgIpc) is 3.00. The van der Waals surface area contributed by atoms with Crippen LogP contribution in [0.25, 0.3) is 10.9 Å². The number of para-hydroxylation sites is 1. The second-order valence-electron chi connectivity index (χ2n) is 6.80. The monoisotopic (exact) mass is 422 g/mol. The number of rotatable bonds is 8. The van der Waals surface area contributed by atoms with Crippen LogP contribution >= 0.6 is 0 Å². The van der Waals surface area contributed by atoms with Crippen molar-refractivity contribution >= 4 is 34.7 Å². The predicted molar refractivity (Wildman–Crippen MR) is 116 cm³/mol. The van der Waals surface area contributed by atoms with Gasteiger partial charge in [0.2, 0.25) is 5.91 Å². The largest absolute Gasteiger partial charge is 0.465 e. The number of hydrazone groups is 1. The van der Waals surface area contributed by atoms with E-state index in [1.165, 1.54) is 24.3 Å². The zero-order valence-corrected chi connectivity index (χ0v) is 17.2. The number of non-ortho nitro benzene ring substituents is 1. The van der Waals surface area contributed by atoms with Gasteiger partial charge in [-0.2, -0.15) is 5.10 Å². The Bertz CT molecular complexity index is 1150. The van der Waals surface area contributed by atoms with Gasteiger partial charge in [-0.05, 0) is 25.5 Å². The maximum absolute atomic E-state index is 12.2. The van der Waals surface area contributed by atoms with E-state index in [1.54, 1.807) is 13.1 Å². The second-order valence-corrected chi connectivity index (χ2v) is 6.80. The highest BCUT2D eigenvalue weighted by atomic mass is 16.6. The molecular weight excluding hydrogens is 400 g/mol. The van der Waals surface area contributed by atoms with E-state index in [9.17, 15) is 19.7 Å². The molecule has 0 saturated heterocycles. The molecule has 2 aromatic carbocycles. The Balaban J connectivity index is 1.73. The standard InChI is InChI=1S/C22H22N4O5/c1-3-31-22(28)14-25-15(2)19(18-6-4-5-7-20(18)25)13-23-24-21(27)12-16-8-10-17(11-9-16)26(29)30/h4-11,13H,3,12,14H2,1-2H3,(H,24,27)/b23-13-. The Kier molecular flexibility index (Phi) is 6.76. The fourth-order valence-electron chi connectivity index (χ4n) is 3.29. The van der Waals surface area contributed by atoms with Gasteiger partial charge in [0.1, 0.15) is 6.54 Å². The van der Waals surface area contributed by atoms with Crippen LogP contribution in [-0.2, 0) is 27.3 Å². The lowest BCUT2D eigenvalue weighted by Gasteiger charge is -2.07. The zero-order valence-electron chi connectivity index (χ0n) is 17.2. The fraction of sp³-hybridized carbons (Fsp3) is 0.227. The summed E-state index contributed by atoms with van der Waals surface area (Å²) in [5, 5.41) is 15.7. The number of esters is 1. The summed E-state index contributed by atoms with van der Waals surface area (Å²) in [5.74, 6) is -0.677. The number of nitrogens with one attached hydrogen (secondary N) is 1. The summed E-state index contributed by atoms with van der Waals surface area (Å²) in [7, 11) is 0. The van der Waals surface area contributed by atoms with Gasteiger partial charge in [0, 0.05) is 34.3 Å². The summed E-state index contributed by atoms with van der Waals surface area (Å²) in [5.41, 5.74) is 5.56. The number of carbonyl (C=O) groups is 2. The number of ether oxygens (including phenoxy) is 1. The van der Waals surface area contributed by atoms with E-state index >= 15 is 0 Å². The lowest BCUT2D eigenvalue weighted by Crippen LogP contribution is -2.19. The van der Waals surface area contributed by atoms with Gasteiger partial charge in [0.05, 0.1) is 24.2 Å². The van der Waals surface area contributed by atoms with E-state index in [0.29, 0.717) is 12.2 Å². The van der Waals surface area contributed by atoms with Crippen molar-refractivity contribution in [3.8, 4) is 0 Å². The molecule has 3 rings (SSSR count). The van der Waals surface area contributed by atoms with Crippen LogP contribution in [0.2, 0.25) is 0 Å². The lowest BCUT2D eigenvalue weighted by atomic mass is 10.1. The zero-order chi connectivity index (χ0) is 22.4. The summed E-state index contributed by atoms with van der Waals surface area (Å²) < 4.78 is 6.92. The molecule has 0 aliphatic heterocycles. The van der Waals surface area contributed by atoms with Crippen LogP contribution in [0.3, 0.4) is 0 Å². The molecule has 1 N–H and O–H groups in total. The number of hydrogen-bond acceptors (Lipinski definition) is 6. The maximum atomic E-state index is 12.2. The molecule has 9 nitrogen and oxygen atoms in total. The van der Waals surface area contributed by atoms with Gasteiger partial charge in [-0.1, -0.05) is 30.3 Å². The summed E-state index contributed by atoms with van der Waals surface area (Å²) in [6, 6.07) is 13.4. The number of nitrogens with zero attached hydrogens (tertiary/aromatic N) is 3. The molecule has 160 valence electrons. The Morgan fingerprint density at radius 2 is 1.90 bits per heavy atom. The number of amides is 1. The SMILES string of the molecule is CCOC(=O)Cn1c(C)c(/C=N\NC(=O)Cc2ccc([N+](=O)[O-])cc2)c2ccccc21. The first kappa shape index (κ1) is 21.7. The summed E-state index contributed by atoms with van der Waals surface area (Å²) in [6.07, 6.45) is 1.59. The van der Waals surface area contributed by atoms with Crippen molar-refractivity contribution in [2.75, 3.05) is 6.61 Å². The van der Waals surface area contributed by atoms with Crippen molar-refractivity contribution in [3.05, 3.63) is 75.5 Å². The molecule has 3 aromatic rings. The molecule has 1 aromatic heterocycles. The minimum absolute atomic E-state index is 0.0307. The molecule has 0 atom stereocenters. The summed E-state index contributed by atoms with van der Waals surface area (Å²) in [4.78, 5) is 34.4. The quantitative estimate of drug-likeness (QED) is 0.259. The van der Waals surface area contributed by atoms with E-state index in [0.717, 1.165) is 22.2 Å². The molecule has 31 heavy (non-hydrogen) atoms. The van der Waals surface area contributed by atoms with Gasteiger partial charge in [-0.25, -0.2) is 5.43 Å². The van der Waals surface area contributed by atoms with E-state index in [4.69, 9.17) is 4.74 Å². The van der Waals surface area contributed by atoms with Gasteiger partial charge in [-0.3, -0.25) is 19.7 Å². The summed E-state index contributed by atoms with van der Waals surface area (Å²) >= 11 is 0. The number of benzene rings is 2. The van der Waals surface area contributed by atoms with E-state index in [2.05, 4.69) is 10.5 Å². The minimum Gasteiger partial charge on any atom is -0.465 e. The number of nitro benzene ring substituents is 1. The number of nitro groups is 1. The minimum atomic E-state index is -0.491. The molecule has 0 aliphatic rings. The van der Waals surface area contributed by atoms with Crippen LogP contribution in [0, 0.1) is 17.0 Å². The van der Waals surface area contributed by atoms with Gasteiger partial charge in [0.25, 0.3) is 5.69 Å². The summed E-state index contributed by atoms with van der Waals surface area (Å²) in [6.45, 7) is 4.03. The van der Waals surface area contributed by atoms with Crippen LogP contribution in [0.15, 0.2) is 53.6 Å². The molecule has 0 spiro atoms. The molecule has 9 heteroatoms. The van der Waals surface area contributed by atoms with Crippen molar-refractivity contribution in [1.29, 1.82) is 0 Å². The number of fused-ring (bicyclic) bond motifs is 1. The Morgan fingerprint density at radius 3 is 2.58 bits per heavy atom. The molecule has 0 bridgehead atoms. The van der Waals surface area contributed by atoms with Crippen molar-refractivity contribution in [1.82, 2.24) is 9.99 Å². The fourth-order valence-corrected chi connectivity index (χ4v) is 3.29. The first-order valence-electron chi connectivity index (χ1n) is 9.69. The van der Waals surface area contributed by atoms with E-state index < -0.39 is 4.92 Å². The molecule has 0 aliphatic carbocycles. The molecule has 0 unspecified atom stereocenters. The van der Waals surface area contributed by atoms with Crippen molar-refractivity contribution < 1.29 is 19.2 Å². The molecule has 0 fully saturated rings. The highest BCUT2D eigenvalue weighted by Crippen LogP contribution is 2.24. The van der Waals surface area contributed by atoms with Gasteiger partial charge >= 0.3 is 5.97 Å². The first-order chi connectivity index (χ1) is 14.9. The van der Waals surface area contributed by atoms with Crippen LogP contribution in [0.4, 0.5) is 5.69 Å². The third-order valence-corrected chi connectivity index (χ3v) is 4.77. The third-order valence-electron chi connectivity index (χ3n) is 4.77. The molecule has 1 heterocycles. The average molecular weight is 422 g/mol. The predicted octanol–water partition coefficient (Wildman–Crippen LogP) is 3.11. The van der Waals surface area contributed by atoms with Crippen molar-refractivity contribution in [3.63, 3.8) is 0 Å². The molecule has 1 amide bonds. The smallest absolute Gasteiger partial charge is 0.325 e. The van der Waals surface area contributed by atoms with Crippen LogP contribution in [-0.4, -0.2) is 34.2 Å². The first-order valence-corrected chi connectivity index (χ1v) is 9.69. The Hall–Kier alpha value is -4.01. The maximum Gasteiger partial charge on any atom is 0.325 e. The van der Waals surface area contributed by atoms with Crippen molar-refractivity contribution in [2.24, 2.45) is 5.10 Å². The van der Waals surface area contributed by atoms with Crippen LogP contribution in [0.5, 0.6) is 0 Å². The Labute approximate surface area is 178 Å². The van der Waals surface area contributed by atoms with E-state index in [-0.39, 0.29) is 30.5 Å². The highest BCUT2D eigenvalue weighted by Gasteiger charge is 2.15. The normalized spacial score (nSPS) is 11.0. The third kappa shape index (κ3) is 5.13. The van der Waals surface area contributed by atoms with E-state index in [1.807, 2.05) is 35.8 Å². The van der Waals surface area contributed by atoms with Crippen LogP contribution < -0.4 is 5.43 Å². The topological polar surface area (TPSA) is 116 Å². The second kappa shape index (κ2) is 9.66. The molecule has 0 saturated carbocycles. The molecule has 0 radical (unpaired) electrons. The molecular formula is C22H22N4O5. The number of hydrogen-bond donors (Lipinski definition) is 1. The highest BCUT2D eigenvalue weighted by molar-refractivity contribution is 6.01. The van der Waals surface area contributed by atoms with Gasteiger partial charge < -0.3 is 9.30 Å². The number of carbonyl (C=O) groups excluding carboxylic acids is 2. The van der Waals surface area contributed by atoms with Crippen molar-refractivity contribution in [2.45, 2.75) is 26.8 Å². The Morgan fingerprint density at radius 1 is 1.19 bits per heavy atom. The van der Waals surface area contributed by atoms with Gasteiger partial charge in [-0.15, -0.1) is 0 Å². The van der Waals surface area contributed by atoms with Crippen LogP contribution in [0.1, 0.15) is 23.7 Å². The van der Waals surface area contributed by atoms with Gasteiger partial charge in [0.15, 0.2) is 0 Å². The number of aromatic nitrogens is 1. The lowest BCUT2D eigenvalue weighted by molar-refractivity contribution is -0.384.